The Labute approximate surface area is 194 Å². The number of fused-ring (bicyclic) bond motifs is 1. The normalized spacial score (nSPS) is 16.6. The molecule has 0 aliphatic carbocycles. The minimum Gasteiger partial charge on any atom is -0.344 e. The van der Waals surface area contributed by atoms with Crippen LogP contribution in [0.1, 0.15) is 52.6 Å². The van der Waals surface area contributed by atoms with E-state index in [4.69, 9.17) is 11.6 Å². The lowest BCUT2D eigenvalue weighted by Gasteiger charge is -2.18. The Kier molecular flexibility index (Phi) is 6.32. The Hall–Kier alpha value is -3.08. The molecule has 1 N–H and O–H groups in total. The van der Waals surface area contributed by atoms with Gasteiger partial charge in [0, 0.05) is 28.9 Å². The summed E-state index contributed by atoms with van der Waals surface area (Å²) in [5.74, 6) is -0.752. The summed E-state index contributed by atoms with van der Waals surface area (Å²) in [7, 11) is 0. The molecule has 0 fully saturated rings. The molecule has 12 heteroatoms. The van der Waals surface area contributed by atoms with Crippen molar-refractivity contribution >= 4 is 17.5 Å². The van der Waals surface area contributed by atoms with Crippen LogP contribution < -0.4 is 5.32 Å². The number of amides is 1. The van der Waals surface area contributed by atoms with Crippen LogP contribution in [0.3, 0.4) is 0 Å². The average molecular weight is 503 g/mol. The highest BCUT2D eigenvalue weighted by molar-refractivity contribution is 6.31. The third-order valence-electron chi connectivity index (χ3n) is 5.42. The molecule has 0 spiro atoms. The molecule has 0 saturated heterocycles. The maximum atomic E-state index is 13.1. The zero-order valence-corrected chi connectivity index (χ0v) is 18.1. The number of alkyl halides is 6. The van der Waals surface area contributed by atoms with E-state index < -0.39 is 35.6 Å². The summed E-state index contributed by atoms with van der Waals surface area (Å²) in [5.41, 5.74) is -1.33. The summed E-state index contributed by atoms with van der Waals surface area (Å²) in [6.07, 6.45) is -6.35. The van der Waals surface area contributed by atoms with Crippen LogP contribution in [0.5, 0.6) is 0 Å². The molecule has 3 aromatic rings. The molecule has 0 radical (unpaired) electrons. The largest absolute Gasteiger partial charge is 0.433 e. The Bertz CT molecular complexity index is 1220. The first kappa shape index (κ1) is 24.1. The summed E-state index contributed by atoms with van der Waals surface area (Å²) >= 11 is 5.79. The van der Waals surface area contributed by atoms with Crippen molar-refractivity contribution in [3.05, 3.63) is 70.1 Å². The van der Waals surface area contributed by atoms with Crippen LogP contribution in [0, 0.1) is 0 Å². The predicted octanol–water partition coefficient (Wildman–Crippen LogP) is 6.29. The number of hydrogen-bond acceptors (Lipinski definition) is 3. The fourth-order valence-corrected chi connectivity index (χ4v) is 4.04. The topological polar surface area (TPSA) is 59.8 Å². The lowest BCUT2D eigenvalue weighted by Crippen LogP contribution is -2.29. The van der Waals surface area contributed by atoms with Crippen molar-refractivity contribution in [1.29, 1.82) is 0 Å². The molecule has 5 nitrogen and oxygen atoms in total. The molecule has 4 rings (SSSR count). The predicted molar refractivity (Wildman–Crippen MR) is 111 cm³/mol. The van der Waals surface area contributed by atoms with Crippen molar-refractivity contribution < 1.29 is 31.1 Å². The Balaban J connectivity index is 1.64. The van der Waals surface area contributed by atoms with Gasteiger partial charge in [0.15, 0.2) is 0 Å². The third kappa shape index (κ3) is 5.19. The van der Waals surface area contributed by atoms with E-state index in [0.29, 0.717) is 31.5 Å². The standard InChI is InChI=1S/C22H17ClF6N4O/c23-15-8-13(7-14(10-15)21(24,25)26)20(34)31-16-3-1-2-6-33-18(16)11-17(32-33)12-4-5-30-19(9-12)22(27,28)29/h4-5,7-11,16H,1-3,6H2,(H,31,34)/t16-/m1/s1. The van der Waals surface area contributed by atoms with Gasteiger partial charge in [-0.2, -0.15) is 31.4 Å². The van der Waals surface area contributed by atoms with Gasteiger partial charge >= 0.3 is 12.4 Å². The minimum absolute atomic E-state index is 0.206. The van der Waals surface area contributed by atoms with Gasteiger partial charge in [-0.3, -0.25) is 14.5 Å². The van der Waals surface area contributed by atoms with Crippen molar-refractivity contribution in [1.82, 2.24) is 20.1 Å². The third-order valence-corrected chi connectivity index (χ3v) is 5.64. The average Bonchev–Trinajstić information content (AvgIpc) is 3.10. The monoisotopic (exact) mass is 502 g/mol. The van der Waals surface area contributed by atoms with E-state index in [1.54, 1.807) is 10.7 Å². The molecule has 180 valence electrons. The summed E-state index contributed by atoms with van der Waals surface area (Å²) in [4.78, 5) is 16.1. The summed E-state index contributed by atoms with van der Waals surface area (Å²) in [6.45, 7) is 0.480. The second-order valence-corrected chi connectivity index (χ2v) is 8.29. The molecule has 1 amide bonds. The van der Waals surface area contributed by atoms with Gasteiger partial charge in [-0.05, 0) is 55.7 Å². The first-order valence-corrected chi connectivity index (χ1v) is 10.6. The number of halogens is 7. The summed E-state index contributed by atoms with van der Waals surface area (Å²) < 4.78 is 80.1. The molecule has 0 unspecified atom stereocenters. The second kappa shape index (κ2) is 8.94. The fourth-order valence-electron chi connectivity index (χ4n) is 3.81. The highest BCUT2D eigenvalue weighted by atomic mass is 35.5. The molecule has 2 aromatic heterocycles. The minimum atomic E-state index is -4.67. The van der Waals surface area contributed by atoms with Gasteiger partial charge in [0.25, 0.3) is 5.91 Å². The molecule has 0 saturated carbocycles. The maximum Gasteiger partial charge on any atom is 0.433 e. The van der Waals surface area contributed by atoms with E-state index in [1.165, 1.54) is 6.07 Å². The van der Waals surface area contributed by atoms with Gasteiger partial charge in [0.2, 0.25) is 0 Å². The van der Waals surface area contributed by atoms with Crippen LogP contribution in [-0.4, -0.2) is 20.7 Å². The molecule has 0 bridgehead atoms. The molecule has 1 aromatic carbocycles. The number of nitrogens with zero attached hydrogens (tertiary/aromatic N) is 3. The van der Waals surface area contributed by atoms with Crippen molar-refractivity contribution in [2.75, 3.05) is 0 Å². The Morgan fingerprint density at radius 1 is 1.03 bits per heavy atom. The van der Waals surface area contributed by atoms with Gasteiger partial charge in [0.1, 0.15) is 5.69 Å². The number of hydrogen-bond donors (Lipinski definition) is 1. The van der Waals surface area contributed by atoms with Gasteiger partial charge in [-0.15, -0.1) is 0 Å². The summed E-state index contributed by atoms with van der Waals surface area (Å²) in [6, 6.07) is 5.85. The molecule has 1 atom stereocenters. The van der Waals surface area contributed by atoms with Crippen LogP contribution in [0.4, 0.5) is 26.3 Å². The van der Waals surface area contributed by atoms with Gasteiger partial charge in [-0.25, -0.2) is 0 Å². The number of benzene rings is 1. The van der Waals surface area contributed by atoms with Crippen LogP contribution in [-0.2, 0) is 18.9 Å². The van der Waals surface area contributed by atoms with Gasteiger partial charge < -0.3 is 5.32 Å². The number of rotatable bonds is 3. The lowest BCUT2D eigenvalue weighted by molar-refractivity contribution is -0.141. The SMILES string of the molecule is O=C(N[C@@H]1CCCCn2nc(-c3ccnc(C(F)(F)F)c3)cc21)c1cc(Cl)cc(C(F)(F)F)c1. The Morgan fingerprint density at radius 2 is 1.79 bits per heavy atom. The number of nitrogens with one attached hydrogen (secondary N) is 1. The quantitative estimate of drug-likeness (QED) is 0.428. The fraction of sp³-hybridized carbons (Fsp3) is 0.318. The van der Waals surface area contributed by atoms with Crippen LogP contribution in [0.15, 0.2) is 42.6 Å². The molecule has 1 aliphatic heterocycles. The van der Waals surface area contributed by atoms with Crippen LogP contribution in [0.25, 0.3) is 11.3 Å². The van der Waals surface area contributed by atoms with E-state index >= 15 is 0 Å². The molecular weight excluding hydrogens is 486 g/mol. The maximum absolute atomic E-state index is 13.1. The molecular formula is C22H17ClF6N4O. The number of carbonyl (C=O) groups excluding carboxylic acids is 1. The lowest BCUT2D eigenvalue weighted by atomic mass is 10.0. The van der Waals surface area contributed by atoms with Gasteiger partial charge in [0.05, 0.1) is 23.0 Å². The number of carbonyl (C=O) groups is 1. The molecule has 3 heterocycles. The number of aromatic nitrogens is 3. The first-order valence-electron chi connectivity index (χ1n) is 10.2. The van der Waals surface area contributed by atoms with E-state index in [0.717, 1.165) is 30.5 Å². The van der Waals surface area contributed by atoms with Crippen molar-refractivity contribution in [3.8, 4) is 11.3 Å². The van der Waals surface area contributed by atoms with E-state index in [-0.39, 0.29) is 21.8 Å². The van der Waals surface area contributed by atoms with E-state index in [9.17, 15) is 31.1 Å². The van der Waals surface area contributed by atoms with Crippen LogP contribution in [0.2, 0.25) is 5.02 Å². The van der Waals surface area contributed by atoms with Crippen molar-refractivity contribution in [3.63, 3.8) is 0 Å². The van der Waals surface area contributed by atoms with Gasteiger partial charge in [-0.1, -0.05) is 11.6 Å². The highest BCUT2D eigenvalue weighted by Gasteiger charge is 2.34. The number of pyridine rings is 1. The Morgan fingerprint density at radius 3 is 2.50 bits per heavy atom. The van der Waals surface area contributed by atoms with E-state index in [2.05, 4.69) is 15.4 Å². The number of aryl methyl sites for hydroxylation is 1. The van der Waals surface area contributed by atoms with Crippen LogP contribution >= 0.6 is 11.6 Å². The molecule has 34 heavy (non-hydrogen) atoms. The second-order valence-electron chi connectivity index (χ2n) is 7.85. The first-order chi connectivity index (χ1) is 15.9. The van der Waals surface area contributed by atoms with E-state index in [1.807, 2.05) is 0 Å². The molecule has 1 aliphatic rings. The van der Waals surface area contributed by atoms with Crippen molar-refractivity contribution in [2.24, 2.45) is 0 Å². The smallest absolute Gasteiger partial charge is 0.344 e. The summed E-state index contributed by atoms with van der Waals surface area (Å²) in [5, 5.41) is 6.88. The zero-order valence-electron chi connectivity index (χ0n) is 17.3. The zero-order chi connectivity index (χ0) is 24.7. The van der Waals surface area contributed by atoms with Crippen molar-refractivity contribution in [2.45, 2.75) is 44.2 Å². The highest BCUT2D eigenvalue weighted by Crippen LogP contribution is 2.34.